The van der Waals surface area contributed by atoms with Gasteiger partial charge in [-0.05, 0) is 31.0 Å². The van der Waals surface area contributed by atoms with Gasteiger partial charge in [-0.3, -0.25) is 4.79 Å². The van der Waals surface area contributed by atoms with Crippen molar-refractivity contribution < 1.29 is 23.9 Å². The number of likely N-dealkylation sites (N-methyl/N-ethyl adjacent to an activating group) is 1. The summed E-state index contributed by atoms with van der Waals surface area (Å²) in [6, 6.07) is 16.1. The first-order chi connectivity index (χ1) is 21.4. The van der Waals surface area contributed by atoms with Crippen LogP contribution in [-0.4, -0.2) is 56.2 Å². The van der Waals surface area contributed by atoms with Gasteiger partial charge < -0.3 is 44.1 Å². The number of nitro groups is 1. The lowest BCUT2D eigenvalue weighted by molar-refractivity contribution is -0.393. The van der Waals surface area contributed by atoms with Crippen LogP contribution in [0.5, 0.6) is 5.88 Å². The first-order valence-corrected chi connectivity index (χ1v) is 14.4. The number of amides is 1. The molecule has 5 atom stereocenters. The molecule has 3 aliphatic heterocycles. The Balaban J connectivity index is 1.47. The Kier molecular flexibility index (Phi) is 4.96. The van der Waals surface area contributed by atoms with Crippen molar-refractivity contribution in [2.45, 2.75) is 43.7 Å². The number of methoxy groups -OCH3 is 1. The Morgan fingerprint density at radius 3 is 2.55 bits per heavy atom. The number of H-pyrrole nitrogens is 1. The van der Waals surface area contributed by atoms with Gasteiger partial charge in [0.1, 0.15) is 12.3 Å². The molecule has 44 heavy (non-hydrogen) atoms. The first kappa shape index (κ1) is 25.5. The van der Waals surface area contributed by atoms with Gasteiger partial charge >= 0.3 is 5.95 Å². The molecule has 2 bridgehead atoms. The van der Waals surface area contributed by atoms with Crippen molar-refractivity contribution in [3.63, 3.8) is 0 Å². The Bertz CT molecular complexity index is 2230. The number of aromatic amines is 1. The lowest BCUT2D eigenvalue weighted by Crippen LogP contribution is -2.59. The third-order valence-corrected chi connectivity index (χ3v) is 9.59. The van der Waals surface area contributed by atoms with Gasteiger partial charge in [-0.15, -0.1) is 0 Å². The summed E-state index contributed by atoms with van der Waals surface area (Å²) < 4.78 is 24.0. The summed E-state index contributed by atoms with van der Waals surface area (Å²) in [5.41, 5.74) is 3.92. The fourth-order valence-corrected chi connectivity index (χ4v) is 8.02. The molecule has 222 valence electrons. The molecule has 3 aliphatic rings. The van der Waals surface area contributed by atoms with Crippen molar-refractivity contribution in [3.05, 3.63) is 76.0 Å². The van der Waals surface area contributed by atoms with E-state index in [4.69, 9.17) is 14.2 Å². The number of carbonyl (C=O) groups is 1. The van der Waals surface area contributed by atoms with Gasteiger partial charge in [0.25, 0.3) is 11.8 Å². The van der Waals surface area contributed by atoms with E-state index in [2.05, 4.69) is 48.8 Å². The Hall–Kier alpha value is -4.98. The molecule has 13 heteroatoms. The van der Waals surface area contributed by atoms with Crippen molar-refractivity contribution in [1.29, 1.82) is 0 Å². The third kappa shape index (κ3) is 2.98. The van der Waals surface area contributed by atoms with E-state index < -0.39 is 22.8 Å². The maximum atomic E-state index is 14.0. The summed E-state index contributed by atoms with van der Waals surface area (Å²) in [6.45, 7) is 2.07. The Morgan fingerprint density at radius 2 is 1.84 bits per heavy atom. The van der Waals surface area contributed by atoms with Crippen LogP contribution in [0.25, 0.3) is 43.6 Å². The summed E-state index contributed by atoms with van der Waals surface area (Å²) in [5.74, 6) is -0.665. The molecule has 0 aliphatic carbocycles. The molecule has 1 amide bonds. The van der Waals surface area contributed by atoms with E-state index >= 15 is 0 Å². The Labute approximate surface area is 248 Å². The molecule has 6 heterocycles. The van der Waals surface area contributed by atoms with Gasteiger partial charge in [0.15, 0.2) is 11.9 Å². The summed E-state index contributed by atoms with van der Waals surface area (Å²) >= 11 is 0. The molecule has 3 aromatic heterocycles. The van der Waals surface area contributed by atoms with Crippen LogP contribution in [-0.2, 0) is 15.2 Å². The van der Waals surface area contributed by atoms with Crippen molar-refractivity contribution in [3.8, 4) is 5.88 Å². The maximum Gasteiger partial charge on any atom is 0.435 e. The first-order valence-electron chi connectivity index (χ1n) is 14.4. The molecular weight excluding hydrogens is 566 g/mol. The lowest BCUT2D eigenvalue weighted by Gasteiger charge is -2.48. The van der Waals surface area contributed by atoms with Gasteiger partial charge in [-0.2, -0.15) is 0 Å². The summed E-state index contributed by atoms with van der Waals surface area (Å²) in [5, 5.41) is 21.3. The van der Waals surface area contributed by atoms with Crippen LogP contribution < -0.4 is 15.4 Å². The quantitative estimate of drug-likeness (QED) is 0.194. The van der Waals surface area contributed by atoms with Gasteiger partial charge in [0.2, 0.25) is 6.23 Å². The number of rotatable bonds is 5. The number of fused-ring (bicyclic) bond motifs is 13. The minimum absolute atomic E-state index is 0.0344. The number of benzene rings is 3. The van der Waals surface area contributed by atoms with E-state index in [9.17, 15) is 14.9 Å². The number of aromatic nitrogens is 4. The number of para-hydroxylation sites is 2. The molecule has 0 radical (unpaired) electrons. The number of hydrogen-bond donors (Lipinski definition) is 3. The molecule has 3 N–H and O–H groups in total. The van der Waals surface area contributed by atoms with E-state index in [1.165, 1.54) is 6.20 Å². The zero-order valence-electron chi connectivity index (χ0n) is 24.0. The van der Waals surface area contributed by atoms with E-state index in [1.54, 1.807) is 7.11 Å². The lowest BCUT2D eigenvalue weighted by atomic mass is 9.93. The highest BCUT2D eigenvalue weighted by Crippen LogP contribution is 2.54. The number of carbonyl (C=O) groups excluding carboxylic acids is 1. The second-order valence-corrected chi connectivity index (χ2v) is 11.7. The zero-order chi connectivity index (χ0) is 30.1. The van der Waals surface area contributed by atoms with E-state index in [0.717, 1.165) is 43.6 Å². The van der Waals surface area contributed by atoms with Crippen LogP contribution in [0.1, 0.15) is 41.7 Å². The van der Waals surface area contributed by atoms with Gasteiger partial charge in [0.05, 0.1) is 27.6 Å². The predicted octanol–water partition coefficient (Wildman–Crippen LogP) is 4.56. The van der Waals surface area contributed by atoms with Gasteiger partial charge in [0, 0.05) is 46.7 Å². The van der Waals surface area contributed by atoms with Gasteiger partial charge in [-0.25, -0.2) is 4.98 Å². The van der Waals surface area contributed by atoms with Crippen LogP contribution in [0, 0.1) is 10.1 Å². The normalized spacial score (nSPS) is 25.7. The molecule has 6 aromatic rings. The largest absolute Gasteiger partial charge is 0.437 e. The number of hydrogen-bond acceptors (Lipinski definition) is 8. The van der Waals surface area contributed by atoms with E-state index in [-0.39, 0.29) is 30.2 Å². The topological polar surface area (TPSA) is 150 Å². The van der Waals surface area contributed by atoms with Crippen LogP contribution in [0.2, 0.25) is 0 Å². The predicted molar refractivity (Wildman–Crippen MR) is 161 cm³/mol. The molecular formula is C31H27N7O6. The van der Waals surface area contributed by atoms with E-state index in [1.807, 2.05) is 43.4 Å². The summed E-state index contributed by atoms with van der Waals surface area (Å²) in [7, 11) is 3.65. The number of imidazole rings is 1. The smallest absolute Gasteiger partial charge is 0.435 e. The third-order valence-electron chi connectivity index (χ3n) is 9.59. The zero-order valence-corrected chi connectivity index (χ0v) is 24.0. The molecule has 9 rings (SSSR count). The molecule has 5 unspecified atom stereocenters. The molecule has 3 aromatic carbocycles. The van der Waals surface area contributed by atoms with Crippen molar-refractivity contribution >= 4 is 55.5 Å². The highest BCUT2D eigenvalue weighted by atomic mass is 16.6. The summed E-state index contributed by atoms with van der Waals surface area (Å²) in [4.78, 5) is 31.1. The number of ether oxygens (including phenoxy) is 3. The maximum absolute atomic E-state index is 14.0. The average Bonchev–Trinajstić information content (AvgIpc) is 3.77. The summed E-state index contributed by atoms with van der Waals surface area (Å²) in [6.07, 6.45) is 0.256. The fraction of sp³-hybridized carbons (Fsp3) is 0.290. The fourth-order valence-electron chi connectivity index (χ4n) is 8.02. The van der Waals surface area contributed by atoms with E-state index in [0.29, 0.717) is 17.5 Å². The van der Waals surface area contributed by atoms with Crippen molar-refractivity contribution in [2.75, 3.05) is 14.2 Å². The minimum atomic E-state index is -0.942. The SMILES string of the molecule is CNC1CC2OC(C)(C1OC)n1c3ccccc3c3c4c(c5c6ccccc6n2c5c31)C(=O)NC4Oc1cnc([N+](=O)[O-])[nH]1. The van der Waals surface area contributed by atoms with Crippen LogP contribution >= 0.6 is 0 Å². The number of nitrogens with one attached hydrogen (secondary N) is 3. The van der Waals surface area contributed by atoms with Crippen LogP contribution in [0.3, 0.4) is 0 Å². The number of nitrogens with zero attached hydrogens (tertiary/aromatic N) is 4. The van der Waals surface area contributed by atoms with Crippen LogP contribution in [0.15, 0.2) is 54.7 Å². The highest BCUT2D eigenvalue weighted by Gasteiger charge is 2.53. The molecule has 0 spiro atoms. The average molecular weight is 594 g/mol. The minimum Gasteiger partial charge on any atom is -0.437 e. The van der Waals surface area contributed by atoms with Crippen LogP contribution in [0.4, 0.5) is 5.95 Å². The second-order valence-electron chi connectivity index (χ2n) is 11.7. The molecule has 13 nitrogen and oxygen atoms in total. The monoisotopic (exact) mass is 593 g/mol. The Morgan fingerprint density at radius 1 is 1.11 bits per heavy atom. The van der Waals surface area contributed by atoms with Gasteiger partial charge in [-0.1, -0.05) is 41.4 Å². The second kappa shape index (κ2) is 8.56. The highest BCUT2D eigenvalue weighted by molar-refractivity contribution is 6.31. The molecule has 1 fully saturated rings. The molecule has 0 saturated carbocycles. The van der Waals surface area contributed by atoms with Crippen molar-refractivity contribution in [1.82, 2.24) is 29.7 Å². The standard InChI is InChI=1S/C31H27N7O6/c1-31-27(42-3)16(32-2)12-20(44-31)36-17-10-6-4-8-14(17)21-23-24(22-15-9-5-7-11-18(15)37(31)26(22)25(21)36)29(35-28(23)39)43-19-13-33-30(34-19)38(40)41/h4-11,13,16,20,27,29,32H,12H2,1-3H3,(H,33,34)(H,35,39). The molecule has 1 saturated heterocycles. The van der Waals surface area contributed by atoms with Crippen molar-refractivity contribution in [2.24, 2.45) is 0 Å².